The molecule has 5 rings (SSSR count). The number of nitriles is 2. The first-order valence-corrected chi connectivity index (χ1v) is 19.9. The summed E-state index contributed by atoms with van der Waals surface area (Å²) in [7, 11) is 0. The smallest absolute Gasteiger partial charge is 0.349 e. The van der Waals surface area contributed by atoms with Crippen molar-refractivity contribution in [2.45, 2.75) is 50.1 Å². The van der Waals surface area contributed by atoms with Crippen LogP contribution < -0.4 is 14.2 Å². The van der Waals surface area contributed by atoms with Gasteiger partial charge >= 0.3 is 29.8 Å². The zero-order valence-corrected chi connectivity index (χ0v) is 34.1. The molecule has 2 aliphatic rings. The third-order valence-corrected chi connectivity index (χ3v) is 9.28. The zero-order chi connectivity index (χ0) is 45.0. The van der Waals surface area contributed by atoms with Crippen LogP contribution in [-0.4, -0.2) is 93.9 Å². The number of ether oxygens (including phenoxy) is 9. The van der Waals surface area contributed by atoms with Crippen LogP contribution in [-0.2, 0) is 47.6 Å². The molecule has 4 atom stereocenters. The van der Waals surface area contributed by atoms with Crippen LogP contribution >= 0.6 is 0 Å². The van der Waals surface area contributed by atoms with Gasteiger partial charge in [-0.15, -0.1) is 0 Å². The highest BCUT2D eigenvalue weighted by Crippen LogP contribution is 2.32. The van der Waals surface area contributed by atoms with Crippen molar-refractivity contribution in [3.05, 3.63) is 126 Å². The lowest BCUT2D eigenvalue weighted by Gasteiger charge is -2.17. The van der Waals surface area contributed by atoms with Crippen LogP contribution in [0.2, 0.25) is 0 Å². The summed E-state index contributed by atoms with van der Waals surface area (Å²) in [5.74, 6) is -2.01. The Balaban J connectivity index is 1.05. The molecule has 2 heterocycles. The molecule has 16 heteroatoms. The number of esters is 5. The van der Waals surface area contributed by atoms with E-state index in [1.807, 2.05) is 12.1 Å². The maximum absolute atomic E-state index is 13.1. The summed E-state index contributed by atoms with van der Waals surface area (Å²) in [6, 6.07) is 23.0. The second kappa shape index (κ2) is 24.0. The molecule has 63 heavy (non-hydrogen) atoms. The van der Waals surface area contributed by atoms with Crippen LogP contribution in [0.4, 0.5) is 0 Å². The Morgan fingerprint density at radius 2 is 0.984 bits per heavy atom. The summed E-state index contributed by atoms with van der Waals surface area (Å²) in [6.07, 6.45) is 4.09. The molecule has 2 unspecified atom stereocenters. The minimum absolute atomic E-state index is 0.0760. The molecule has 0 amide bonds. The summed E-state index contributed by atoms with van der Waals surface area (Å²) in [5.41, 5.74) is 0.727. The quantitative estimate of drug-likeness (QED) is 0.0291. The number of rotatable bonds is 22. The van der Waals surface area contributed by atoms with Gasteiger partial charge in [0.05, 0.1) is 45.2 Å². The maximum Gasteiger partial charge on any atom is 0.349 e. The van der Waals surface area contributed by atoms with E-state index in [0.717, 1.165) is 12.2 Å². The van der Waals surface area contributed by atoms with Gasteiger partial charge in [0.25, 0.3) is 0 Å². The number of hydrogen-bond acceptors (Lipinski definition) is 16. The number of unbranched alkanes of at least 4 members (excludes halogenated alkanes) is 2. The fourth-order valence-electron chi connectivity index (χ4n) is 6.04. The predicted octanol–water partition coefficient (Wildman–Crippen LogP) is 5.82. The molecule has 2 fully saturated rings. The SMILES string of the molecule is C=CC(=O)OCCCCOc1ccc(/C=C(\C#N)C(=O)O[C@@H]2COC3C2OC[C@H]3OC(=O)/C(C#N)=C/c2ccc(OC(=O)c3ccc(OCCCCOC(=O)C=C)cc3)cc2)cc1. The van der Waals surface area contributed by atoms with Gasteiger partial charge in [-0.2, -0.15) is 10.5 Å². The van der Waals surface area contributed by atoms with Gasteiger partial charge in [0.1, 0.15) is 52.7 Å². The van der Waals surface area contributed by atoms with E-state index in [9.17, 15) is 34.5 Å². The number of nitrogens with zero attached hydrogens (tertiary/aromatic N) is 2. The molecule has 0 bridgehead atoms. The minimum Gasteiger partial charge on any atom is -0.494 e. The molecule has 0 saturated carbocycles. The van der Waals surface area contributed by atoms with Crippen LogP contribution in [0.1, 0.15) is 47.2 Å². The van der Waals surface area contributed by atoms with Crippen LogP contribution in [0.3, 0.4) is 0 Å². The van der Waals surface area contributed by atoms with Crippen molar-refractivity contribution in [1.29, 1.82) is 10.5 Å². The van der Waals surface area contributed by atoms with Gasteiger partial charge in [-0.1, -0.05) is 37.4 Å². The Bertz CT molecular complexity index is 2250. The van der Waals surface area contributed by atoms with Gasteiger partial charge in [0.2, 0.25) is 0 Å². The molecule has 3 aromatic carbocycles. The van der Waals surface area contributed by atoms with Crippen molar-refractivity contribution in [1.82, 2.24) is 0 Å². The Labute approximate surface area is 363 Å². The van der Waals surface area contributed by atoms with Crippen LogP contribution in [0.5, 0.6) is 17.2 Å². The average Bonchev–Trinajstić information content (AvgIpc) is 3.90. The molecule has 2 saturated heterocycles. The summed E-state index contributed by atoms with van der Waals surface area (Å²) >= 11 is 0. The monoisotopic (exact) mass is 860 g/mol. The first kappa shape index (κ1) is 46.5. The van der Waals surface area contributed by atoms with Crippen molar-refractivity contribution in [3.8, 4) is 29.4 Å². The average molecular weight is 861 g/mol. The zero-order valence-electron chi connectivity index (χ0n) is 34.1. The lowest BCUT2D eigenvalue weighted by molar-refractivity contribution is -0.150. The topological polar surface area (TPSA) is 216 Å². The first-order chi connectivity index (χ1) is 30.6. The maximum atomic E-state index is 13.1. The van der Waals surface area contributed by atoms with Gasteiger partial charge in [-0.3, -0.25) is 0 Å². The van der Waals surface area contributed by atoms with Gasteiger partial charge in [0.15, 0.2) is 12.2 Å². The van der Waals surface area contributed by atoms with Crippen molar-refractivity contribution in [2.24, 2.45) is 0 Å². The second-order valence-electron chi connectivity index (χ2n) is 13.7. The minimum atomic E-state index is -0.926. The van der Waals surface area contributed by atoms with E-state index in [2.05, 4.69) is 13.2 Å². The molecule has 0 aromatic heterocycles. The van der Waals surface area contributed by atoms with E-state index in [4.69, 9.17) is 42.6 Å². The van der Waals surface area contributed by atoms with Gasteiger partial charge < -0.3 is 42.6 Å². The van der Waals surface area contributed by atoms with E-state index in [0.29, 0.717) is 61.5 Å². The van der Waals surface area contributed by atoms with Gasteiger partial charge in [-0.05, 0) is 97.5 Å². The lowest BCUT2D eigenvalue weighted by Crippen LogP contribution is -2.36. The van der Waals surface area contributed by atoms with Crippen molar-refractivity contribution in [2.75, 3.05) is 39.6 Å². The molecular weight excluding hydrogens is 817 g/mol. The van der Waals surface area contributed by atoms with Crippen molar-refractivity contribution < 1.29 is 66.6 Å². The Morgan fingerprint density at radius 1 is 0.587 bits per heavy atom. The second-order valence-corrected chi connectivity index (χ2v) is 13.7. The molecule has 16 nitrogen and oxygen atoms in total. The Hall–Kier alpha value is -7.53. The highest BCUT2D eigenvalue weighted by molar-refractivity contribution is 5.99. The number of carbonyl (C=O) groups excluding carboxylic acids is 5. The van der Waals surface area contributed by atoms with Gasteiger partial charge in [0, 0.05) is 12.2 Å². The third kappa shape index (κ3) is 14.3. The molecular formula is C47H44N2O14. The fraction of sp³-hybridized carbons (Fsp3) is 0.298. The molecule has 326 valence electrons. The molecule has 0 aliphatic carbocycles. The summed E-state index contributed by atoms with van der Waals surface area (Å²) in [5, 5.41) is 19.5. The molecule has 0 spiro atoms. The van der Waals surface area contributed by atoms with Crippen molar-refractivity contribution in [3.63, 3.8) is 0 Å². The van der Waals surface area contributed by atoms with E-state index >= 15 is 0 Å². The van der Waals surface area contributed by atoms with Crippen LogP contribution in [0.25, 0.3) is 12.2 Å². The first-order valence-electron chi connectivity index (χ1n) is 19.9. The van der Waals surface area contributed by atoms with Crippen molar-refractivity contribution >= 4 is 42.0 Å². The predicted molar refractivity (Wildman–Crippen MR) is 222 cm³/mol. The molecule has 2 aliphatic heterocycles. The van der Waals surface area contributed by atoms with E-state index in [-0.39, 0.29) is 48.9 Å². The van der Waals surface area contributed by atoms with Crippen LogP contribution in [0, 0.1) is 22.7 Å². The number of fused-ring (bicyclic) bond motifs is 1. The van der Waals surface area contributed by atoms with Crippen LogP contribution in [0.15, 0.2) is 109 Å². The molecule has 0 radical (unpaired) electrons. The normalized spacial score (nSPS) is 17.7. The standard InChI is InChI=1S/C47H44N2O14/c1-3-41(50)57-23-7-5-21-55-36-15-9-31(10-16-36)25-34(27-48)46(53)62-39-29-59-44-40(30-60-43(39)44)63-47(54)35(28-49)26-32-11-17-38(18-12-32)61-45(52)33-13-19-37(20-14-33)56-22-6-8-24-58-42(51)4-2/h3-4,9-20,25-26,39-40,43-44H,1-2,5-8,21-24,29-30H2/b34-25+,35-26+/t39-,40-,43?,44?/m1/s1. The lowest BCUT2D eigenvalue weighted by atomic mass is 10.1. The van der Waals surface area contributed by atoms with E-state index in [1.165, 1.54) is 24.3 Å². The number of hydrogen-bond donors (Lipinski definition) is 0. The Kier molecular flexibility index (Phi) is 17.8. The Morgan fingerprint density at radius 3 is 1.40 bits per heavy atom. The fourth-order valence-corrected chi connectivity index (χ4v) is 6.04. The van der Waals surface area contributed by atoms with Gasteiger partial charge in [-0.25, -0.2) is 24.0 Å². The molecule has 3 aromatic rings. The highest BCUT2D eigenvalue weighted by atomic mass is 16.7. The van der Waals surface area contributed by atoms with E-state index in [1.54, 1.807) is 60.7 Å². The summed E-state index contributed by atoms with van der Waals surface area (Å²) in [6.45, 7) is 7.86. The number of benzene rings is 3. The summed E-state index contributed by atoms with van der Waals surface area (Å²) < 4.78 is 49.4. The third-order valence-electron chi connectivity index (χ3n) is 9.28. The number of carbonyl (C=O) groups is 5. The molecule has 0 N–H and O–H groups in total. The highest BCUT2D eigenvalue weighted by Gasteiger charge is 2.51. The largest absolute Gasteiger partial charge is 0.494 e. The van der Waals surface area contributed by atoms with E-state index < -0.39 is 54.3 Å². The summed E-state index contributed by atoms with van der Waals surface area (Å²) in [4.78, 5) is 61.0.